The van der Waals surface area contributed by atoms with Gasteiger partial charge in [-0.2, -0.15) is 0 Å². The minimum Gasteiger partial charge on any atom is -0.354 e. The Balaban J connectivity index is 1.70. The van der Waals surface area contributed by atoms with Crippen molar-refractivity contribution < 1.29 is 4.39 Å². The van der Waals surface area contributed by atoms with E-state index < -0.39 is 5.82 Å². The summed E-state index contributed by atoms with van der Waals surface area (Å²) in [5.74, 6) is -0.0233. The van der Waals surface area contributed by atoms with Gasteiger partial charge >= 0.3 is 0 Å². The van der Waals surface area contributed by atoms with Crippen LogP contribution in [0.2, 0.25) is 0 Å². The Morgan fingerprint density at radius 3 is 2.50 bits per heavy atom. The molecule has 0 aliphatic rings. The SMILES string of the molecule is Cn1c(NC[C@H](N)Cc2ccccc2)nc(-c2ccncc2)c(-c2cccc(F)c2)c1=O. The van der Waals surface area contributed by atoms with Crippen LogP contribution < -0.4 is 16.6 Å². The molecular formula is C25H24FN5O. The maximum Gasteiger partial charge on any atom is 0.263 e. The van der Waals surface area contributed by atoms with Gasteiger partial charge in [-0.25, -0.2) is 9.37 Å². The fourth-order valence-corrected chi connectivity index (χ4v) is 3.59. The first-order valence-electron chi connectivity index (χ1n) is 10.3. The molecule has 0 aliphatic carbocycles. The highest BCUT2D eigenvalue weighted by atomic mass is 19.1. The van der Waals surface area contributed by atoms with Crippen molar-refractivity contribution in [2.75, 3.05) is 11.9 Å². The lowest BCUT2D eigenvalue weighted by Gasteiger charge is -2.18. The molecule has 0 unspecified atom stereocenters. The smallest absolute Gasteiger partial charge is 0.263 e. The number of benzene rings is 2. The van der Waals surface area contributed by atoms with Crippen LogP contribution in [0, 0.1) is 5.82 Å². The van der Waals surface area contributed by atoms with Gasteiger partial charge in [0.15, 0.2) is 0 Å². The molecule has 7 heteroatoms. The fraction of sp³-hybridized carbons (Fsp3) is 0.160. The molecule has 0 fully saturated rings. The van der Waals surface area contributed by atoms with Gasteiger partial charge in [0.25, 0.3) is 5.56 Å². The first kappa shape index (κ1) is 21.4. The summed E-state index contributed by atoms with van der Waals surface area (Å²) < 4.78 is 15.4. The normalized spacial score (nSPS) is 11.8. The zero-order valence-corrected chi connectivity index (χ0v) is 17.7. The number of nitrogens with two attached hydrogens (primary N) is 1. The predicted octanol–water partition coefficient (Wildman–Crippen LogP) is 3.63. The molecule has 0 spiro atoms. The molecule has 2 aromatic carbocycles. The third-order valence-electron chi connectivity index (χ3n) is 5.22. The Kier molecular flexibility index (Phi) is 6.37. The van der Waals surface area contributed by atoms with Crippen LogP contribution in [0.3, 0.4) is 0 Å². The predicted molar refractivity (Wildman–Crippen MR) is 125 cm³/mol. The zero-order chi connectivity index (χ0) is 22.5. The molecule has 0 saturated carbocycles. The maximum atomic E-state index is 13.9. The number of aromatic nitrogens is 3. The van der Waals surface area contributed by atoms with Gasteiger partial charge in [-0.3, -0.25) is 14.3 Å². The average Bonchev–Trinajstić information content (AvgIpc) is 2.81. The van der Waals surface area contributed by atoms with E-state index in [0.29, 0.717) is 41.3 Å². The number of hydrogen-bond acceptors (Lipinski definition) is 5. The monoisotopic (exact) mass is 429 g/mol. The van der Waals surface area contributed by atoms with Crippen LogP contribution in [0.4, 0.5) is 10.3 Å². The topological polar surface area (TPSA) is 85.8 Å². The van der Waals surface area contributed by atoms with E-state index in [-0.39, 0.29) is 11.6 Å². The Morgan fingerprint density at radius 2 is 1.78 bits per heavy atom. The zero-order valence-electron chi connectivity index (χ0n) is 17.7. The van der Waals surface area contributed by atoms with Crippen molar-refractivity contribution in [3.8, 4) is 22.4 Å². The summed E-state index contributed by atoms with van der Waals surface area (Å²) in [5.41, 5.74) is 9.14. The molecule has 3 N–H and O–H groups in total. The van der Waals surface area contributed by atoms with Gasteiger partial charge in [0.05, 0.1) is 11.3 Å². The van der Waals surface area contributed by atoms with Crippen molar-refractivity contribution in [1.82, 2.24) is 14.5 Å². The molecule has 32 heavy (non-hydrogen) atoms. The lowest BCUT2D eigenvalue weighted by Crippen LogP contribution is -2.34. The van der Waals surface area contributed by atoms with E-state index in [4.69, 9.17) is 10.7 Å². The van der Waals surface area contributed by atoms with Crippen LogP contribution in [0.15, 0.2) is 83.9 Å². The molecule has 0 saturated heterocycles. The number of hydrogen-bond donors (Lipinski definition) is 2. The Labute approximate surface area is 185 Å². The molecule has 4 rings (SSSR count). The van der Waals surface area contributed by atoms with Crippen molar-refractivity contribution >= 4 is 5.95 Å². The molecule has 162 valence electrons. The minimum absolute atomic E-state index is 0.165. The van der Waals surface area contributed by atoms with Crippen LogP contribution in [0.5, 0.6) is 0 Å². The van der Waals surface area contributed by atoms with Gasteiger partial charge in [-0.05, 0) is 41.8 Å². The van der Waals surface area contributed by atoms with Crippen LogP contribution in [-0.2, 0) is 13.5 Å². The second kappa shape index (κ2) is 9.53. The van der Waals surface area contributed by atoms with E-state index in [1.165, 1.54) is 16.7 Å². The molecular weight excluding hydrogens is 405 g/mol. The third kappa shape index (κ3) is 4.73. The third-order valence-corrected chi connectivity index (χ3v) is 5.22. The fourth-order valence-electron chi connectivity index (χ4n) is 3.59. The van der Waals surface area contributed by atoms with Gasteiger partial charge in [0.2, 0.25) is 5.95 Å². The second-order valence-corrected chi connectivity index (χ2v) is 7.60. The number of halogens is 1. The highest BCUT2D eigenvalue weighted by molar-refractivity contribution is 5.80. The molecule has 1 atom stereocenters. The maximum absolute atomic E-state index is 13.9. The molecule has 6 nitrogen and oxygen atoms in total. The molecule has 0 aliphatic heterocycles. The van der Waals surface area contributed by atoms with Crippen molar-refractivity contribution in [2.45, 2.75) is 12.5 Å². The molecule has 4 aromatic rings. The molecule has 2 heterocycles. The van der Waals surface area contributed by atoms with Crippen molar-refractivity contribution in [3.05, 3.63) is 101 Å². The van der Waals surface area contributed by atoms with Crippen LogP contribution in [-0.4, -0.2) is 27.1 Å². The number of anilines is 1. The quantitative estimate of drug-likeness (QED) is 0.469. The van der Waals surface area contributed by atoms with E-state index in [9.17, 15) is 9.18 Å². The highest BCUT2D eigenvalue weighted by Gasteiger charge is 2.19. The van der Waals surface area contributed by atoms with E-state index in [1.807, 2.05) is 30.3 Å². The Morgan fingerprint density at radius 1 is 1.03 bits per heavy atom. The van der Waals surface area contributed by atoms with Crippen molar-refractivity contribution in [1.29, 1.82) is 0 Å². The van der Waals surface area contributed by atoms with Gasteiger partial charge in [0.1, 0.15) is 5.82 Å². The summed E-state index contributed by atoms with van der Waals surface area (Å²) in [6, 6.07) is 19.3. The van der Waals surface area contributed by atoms with Crippen LogP contribution in [0.25, 0.3) is 22.4 Å². The lowest BCUT2D eigenvalue weighted by molar-refractivity contribution is 0.628. The highest BCUT2D eigenvalue weighted by Crippen LogP contribution is 2.29. The first-order valence-corrected chi connectivity index (χ1v) is 10.3. The van der Waals surface area contributed by atoms with Gasteiger partial charge in [-0.15, -0.1) is 0 Å². The van der Waals surface area contributed by atoms with Crippen molar-refractivity contribution in [3.63, 3.8) is 0 Å². The summed E-state index contributed by atoms with van der Waals surface area (Å²) in [6.45, 7) is 0.435. The summed E-state index contributed by atoms with van der Waals surface area (Å²) >= 11 is 0. The van der Waals surface area contributed by atoms with E-state index in [0.717, 1.165) is 5.56 Å². The Bertz CT molecular complexity index is 1260. The first-order chi connectivity index (χ1) is 15.5. The van der Waals surface area contributed by atoms with Crippen LogP contribution >= 0.6 is 0 Å². The summed E-state index contributed by atoms with van der Waals surface area (Å²) in [5, 5.41) is 3.21. The minimum atomic E-state index is -0.417. The second-order valence-electron chi connectivity index (χ2n) is 7.60. The molecule has 0 bridgehead atoms. The lowest BCUT2D eigenvalue weighted by atomic mass is 10.0. The van der Waals surface area contributed by atoms with Gasteiger partial charge in [0, 0.05) is 37.6 Å². The van der Waals surface area contributed by atoms with Crippen molar-refractivity contribution in [2.24, 2.45) is 12.8 Å². The van der Waals surface area contributed by atoms with E-state index >= 15 is 0 Å². The average molecular weight is 429 g/mol. The van der Waals surface area contributed by atoms with E-state index in [1.54, 1.807) is 43.7 Å². The largest absolute Gasteiger partial charge is 0.354 e. The van der Waals surface area contributed by atoms with Crippen LogP contribution in [0.1, 0.15) is 5.56 Å². The summed E-state index contributed by atoms with van der Waals surface area (Å²) in [7, 11) is 1.64. The Hall–Kier alpha value is -3.84. The number of rotatable bonds is 7. The number of nitrogens with one attached hydrogen (secondary N) is 1. The molecule has 0 radical (unpaired) electrons. The summed E-state index contributed by atoms with van der Waals surface area (Å²) in [4.78, 5) is 22.1. The molecule has 2 aromatic heterocycles. The van der Waals surface area contributed by atoms with Gasteiger partial charge < -0.3 is 11.1 Å². The number of pyridine rings is 1. The van der Waals surface area contributed by atoms with E-state index in [2.05, 4.69) is 10.3 Å². The number of nitrogens with zero attached hydrogens (tertiary/aromatic N) is 3. The standard InChI is InChI=1S/C25H24FN5O/c1-31-24(32)22(19-8-5-9-20(26)15-19)23(18-10-12-28-13-11-18)30-25(31)29-16-21(27)14-17-6-3-2-4-7-17/h2-13,15,21H,14,16,27H2,1H3,(H,29,30)/t21-/m1/s1. The molecule has 0 amide bonds. The van der Waals surface area contributed by atoms with Gasteiger partial charge in [-0.1, -0.05) is 42.5 Å². The summed E-state index contributed by atoms with van der Waals surface area (Å²) in [6.07, 6.45) is 3.96.